The van der Waals surface area contributed by atoms with Crippen molar-refractivity contribution >= 4 is 17.1 Å². The van der Waals surface area contributed by atoms with Gasteiger partial charge in [0.05, 0.1) is 42.1 Å². The molecule has 0 bridgehead atoms. The molecule has 1 aliphatic rings. The highest BCUT2D eigenvalue weighted by Gasteiger charge is 2.20. The van der Waals surface area contributed by atoms with Gasteiger partial charge in [-0.1, -0.05) is 0 Å². The van der Waals surface area contributed by atoms with Crippen LogP contribution in [0.15, 0.2) is 42.9 Å². The third-order valence-electron chi connectivity index (χ3n) is 5.80. The van der Waals surface area contributed by atoms with E-state index < -0.39 is 0 Å². The molecule has 0 atom stereocenters. The topological polar surface area (TPSA) is 109 Å². The van der Waals surface area contributed by atoms with Crippen molar-refractivity contribution in [3.05, 3.63) is 60.1 Å². The van der Waals surface area contributed by atoms with Crippen molar-refractivity contribution in [1.29, 1.82) is 0 Å². The number of hydrogen-bond donors (Lipinski definition) is 3. The highest BCUT2D eigenvalue weighted by molar-refractivity contribution is 6.03. The molecule has 0 unspecified atom stereocenters. The molecular weight excluding hydrogens is 406 g/mol. The fourth-order valence-corrected chi connectivity index (χ4v) is 4.09. The molecule has 1 saturated heterocycles. The molecular formula is C23H25N7O2. The zero-order valence-corrected chi connectivity index (χ0v) is 18.1. The number of fused-ring (bicyclic) bond motifs is 1. The van der Waals surface area contributed by atoms with Gasteiger partial charge >= 0.3 is 0 Å². The van der Waals surface area contributed by atoms with Crippen molar-refractivity contribution in [2.45, 2.75) is 25.7 Å². The number of aromatic amines is 1. The second kappa shape index (κ2) is 8.43. The molecule has 9 heteroatoms. The Hall–Kier alpha value is -3.72. The number of nitrogens with one attached hydrogen (secondary N) is 3. The molecule has 4 aromatic heterocycles. The lowest BCUT2D eigenvalue weighted by molar-refractivity contribution is 0.101. The Bertz CT molecular complexity index is 1270. The lowest BCUT2D eigenvalue weighted by atomic mass is 9.95. The lowest BCUT2D eigenvalue weighted by Gasteiger charge is -2.20. The normalized spacial score (nSPS) is 14.6. The Morgan fingerprint density at radius 2 is 2.06 bits per heavy atom. The fraction of sp³-hybridized carbons (Fsp3) is 0.304. The summed E-state index contributed by atoms with van der Waals surface area (Å²) in [5, 5.41) is 11.0. The van der Waals surface area contributed by atoms with Crippen molar-refractivity contribution in [3.8, 4) is 17.0 Å². The molecule has 0 saturated carbocycles. The molecule has 164 valence electrons. The molecule has 4 aromatic rings. The van der Waals surface area contributed by atoms with E-state index in [-0.39, 0.29) is 11.7 Å². The van der Waals surface area contributed by atoms with Crippen LogP contribution in [0.25, 0.3) is 16.8 Å². The molecule has 0 aliphatic carbocycles. The van der Waals surface area contributed by atoms with Gasteiger partial charge in [-0.15, -0.1) is 0 Å². The van der Waals surface area contributed by atoms with Crippen LogP contribution in [0.2, 0.25) is 0 Å². The number of rotatable bonds is 5. The summed E-state index contributed by atoms with van der Waals surface area (Å²) in [6.45, 7) is 3.93. The highest BCUT2D eigenvalue weighted by Crippen LogP contribution is 2.30. The highest BCUT2D eigenvalue weighted by atomic mass is 16.5. The Balaban J connectivity index is 1.39. The molecule has 1 fully saturated rings. The monoisotopic (exact) mass is 431 g/mol. The number of carbonyl (C=O) groups excluding carboxylic acids is 1. The predicted molar refractivity (Wildman–Crippen MR) is 121 cm³/mol. The minimum Gasteiger partial charge on any atom is -0.493 e. The number of anilines is 1. The number of H-pyrrole nitrogens is 1. The molecule has 0 aromatic carbocycles. The smallest absolute Gasteiger partial charge is 0.291 e. The Kier molecular flexibility index (Phi) is 5.32. The van der Waals surface area contributed by atoms with E-state index >= 15 is 0 Å². The molecule has 1 aliphatic heterocycles. The van der Waals surface area contributed by atoms with Crippen LogP contribution in [-0.2, 0) is 0 Å². The number of amides is 1. The van der Waals surface area contributed by atoms with E-state index in [1.165, 1.54) is 0 Å². The number of piperidine rings is 1. The van der Waals surface area contributed by atoms with Crippen LogP contribution in [-0.4, -0.2) is 50.7 Å². The first kappa shape index (κ1) is 20.2. The zero-order chi connectivity index (χ0) is 22.1. The maximum atomic E-state index is 12.9. The second-order valence-electron chi connectivity index (χ2n) is 8.00. The summed E-state index contributed by atoms with van der Waals surface area (Å²) in [5.41, 5.74) is 5.12. The number of carbonyl (C=O) groups is 1. The van der Waals surface area contributed by atoms with E-state index in [1.54, 1.807) is 25.7 Å². The number of nitrogens with zero attached hydrogens (tertiary/aromatic N) is 4. The summed E-state index contributed by atoms with van der Waals surface area (Å²) in [6, 6.07) is 7.77. The van der Waals surface area contributed by atoms with Crippen LogP contribution in [0.4, 0.5) is 5.69 Å². The quantitative estimate of drug-likeness (QED) is 0.448. The van der Waals surface area contributed by atoms with Crippen molar-refractivity contribution in [3.63, 3.8) is 0 Å². The van der Waals surface area contributed by atoms with Gasteiger partial charge in [-0.05, 0) is 57.1 Å². The van der Waals surface area contributed by atoms with Crippen LogP contribution in [0.3, 0.4) is 0 Å². The Morgan fingerprint density at radius 1 is 1.22 bits per heavy atom. The Morgan fingerprint density at radius 3 is 2.84 bits per heavy atom. The van der Waals surface area contributed by atoms with Crippen LogP contribution in [0.1, 0.15) is 40.8 Å². The van der Waals surface area contributed by atoms with Crippen LogP contribution in [0.5, 0.6) is 5.75 Å². The summed E-state index contributed by atoms with van der Waals surface area (Å²) in [6.07, 6.45) is 7.31. The van der Waals surface area contributed by atoms with E-state index in [9.17, 15) is 4.79 Å². The summed E-state index contributed by atoms with van der Waals surface area (Å²) < 4.78 is 7.32. The first-order valence-electron chi connectivity index (χ1n) is 10.7. The molecule has 0 radical (unpaired) electrons. The number of aryl methyl sites for hydroxylation is 1. The number of hydrogen-bond acceptors (Lipinski definition) is 6. The lowest BCUT2D eigenvalue weighted by Crippen LogP contribution is -2.26. The van der Waals surface area contributed by atoms with E-state index in [4.69, 9.17) is 9.84 Å². The van der Waals surface area contributed by atoms with Gasteiger partial charge in [-0.25, -0.2) is 9.50 Å². The van der Waals surface area contributed by atoms with Gasteiger partial charge in [-0.3, -0.25) is 9.78 Å². The molecule has 0 spiro atoms. The first-order chi connectivity index (χ1) is 15.6. The van der Waals surface area contributed by atoms with Crippen LogP contribution in [0, 0.1) is 6.92 Å². The van der Waals surface area contributed by atoms with E-state index in [2.05, 4.69) is 31.7 Å². The van der Waals surface area contributed by atoms with Crippen molar-refractivity contribution < 1.29 is 9.53 Å². The van der Waals surface area contributed by atoms with Gasteiger partial charge in [0.25, 0.3) is 5.91 Å². The van der Waals surface area contributed by atoms with Gasteiger partial charge in [0, 0.05) is 23.4 Å². The first-order valence-corrected chi connectivity index (χ1v) is 10.7. The number of aromatic nitrogens is 5. The van der Waals surface area contributed by atoms with E-state index in [0.717, 1.165) is 54.1 Å². The molecule has 5 heterocycles. The van der Waals surface area contributed by atoms with E-state index in [0.29, 0.717) is 17.4 Å². The molecule has 3 N–H and O–H groups in total. The molecule has 9 nitrogen and oxygen atoms in total. The summed E-state index contributed by atoms with van der Waals surface area (Å²) in [4.78, 5) is 24.4. The second-order valence-corrected chi connectivity index (χ2v) is 8.00. The minimum absolute atomic E-state index is 0.222. The number of pyridine rings is 2. The van der Waals surface area contributed by atoms with E-state index in [1.807, 2.05) is 29.6 Å². The standard InChI is InChI=1S/C23H25N7O2/c1-14-9-16(5-8-25-14)20-12-26-22(27-20)23(31)28-19-11-17-10-18(15-3-6-24-7-4-15)29-30(17)13-21(19)32-2/h5,8-13,15,24H,3-4,6-7H2,1-2H3,(H,26,27)(H,28,31). The average molecular weight is 432 g/mol. The van der Waals surface area contributed by atoms with Gasteiger partial charge in [0.15, 0.2) is 11.6 Å². The minimum atomic E-state index is -0.345. The van der Waals surface area contributed by atoms with Crippen molar-refractivity contribution in [2.75, 3.05) is 25.5 Å². The maximum absolute atomic E-state index is 12.9. The largest absolute Gasteiger partial charge is 0.493 e. The van der Waals surface area contributed by atoms with Crippen molar-refractivity contribution in [2.24, 2.45) is 0 Å². The van der Waals surface area contributed by atoms with Crippen LogP contribution >= 0.6 is 0 Å². The van der Waals surface area contributed by atoms with Crippen LogP contribution < -0.4 is 15.4 Å². The number of ether oxygens (including phenoxy) is 1. The summed E-state index contributed by atoms with van der Waals surface area (Å²) in [5.74, 6) is 0.851. The SMILES string of the molecule is COc1cn2nc(C3CCNCC3)cc2cc1NC(=O)c1ncc(-c2ccnc(C)c2)[nH]1. The molecule has 1 amide bonds. The zero-order valence-electron chi connectivity index (χ0n) is 18.1. The predicted octanol–water partition coefficient (Wildman–Crippen LogP) is 3.16. The van der Waals surface area contributed by atoms with Gasteiger partial charge in [0.2, 0.25) is 0 Å². The number of methoxy groups -OCH3 is 1. The summed E-state index contributed by atoms with van der Waals surface area (Å²) in [7, 11) is 1.57. The summed E-state index contributed by atoms with van der Waals surface area (Å²) >= 11 is 0. The van der Waals surface area contributed by atoms with Crippen molar-refractivity contribution in [1.82, 2.24) is 29.9 Å². The Labute approximate surface area is 185 Å². The maximum Gasteiger partial charge on any atom is 0.291 e. The molecule has 5 rings (SSSR count). The average Bonchev–Trinajstić information content (AvgIpc) is 3.46. The molecule has 32 heavy (non-hydrogen) atoms. The third kappa shape index (κ3) is 3.94. The third-order valence-corrected chi connectivity index (χ3v) is 5.80. The van der Waals surface area contributed by atoms with Gasteiger partial charge < -0.3 is 20.4 Å². The van der Waals surface area contributed by atoms with Gasteiger partial charge in [-0.2, -0.15) is 5.10 Å². The van der Waals surface area contributed by atoms with Gasteiger partial charge in [0.1, 0.15) is 0 Å². The number of imidazole rings is 1. The fourth-order valence-electron chi connectivity index (χ4n) is 4.09.